The van der Waals surface area contributed by atoms with Crippen molar-refractivity contribution in [3.63, 3.8) is 0 Å². The smallest absolute Gasteiger partial charge is 0.267 e. The fourth-order valence-corrected chi connectivity index (χ4v) is 5.32. The topological polar surface area (TPSA) is 99.3 Å². The molecular weight excluding hydrogens is 448 g/mol. The van der Waals surface area contributed by atoms with Crippen molar-refractivity contribution in [1.82, 2.24) is 14.7 Å². The Kier molecular flexibility index (Phi) is 6.33. The van der Waals surface area contributed by atoms with Gasteiger partial charge < -0.3 is 9.26 Å². The van der Waals surface area contributed by atoms with Crippen LogP contribution in [0.5, 0.6) is 5.75 Å². The molecule has 1 aromatic carbocycles. The van der Waals surface area contributed by atoms with E-state index in [-0.39, 0.29) is 23.1 Å². The van der Waals surface area contributed by atoms with Crippen LogP contribution < -0.4 is 15.6 Å². The van der Waals surface area contributed by atoms with Gasteiger partial charge in [0.05, 0.1) is 29.6 Å². The van der Waals surface area contributed by atoms with Crippen molar-refractivity contribution in [1.29, 1.82) is 0 Å². The van der Waals surface area contributed by atoms with E-state index in [1.807, 2.05) is 25.1 Å². The predicted molar refractivity (Wildman–Crippen MR) is 126 cm³/mol. The number of rotatable bonds is 7. The SMILES string of the molecule is CCc1sc2nc(SCC(=O)Nc3cc(C)no3)n(-c3cccc(OC)c3)c(=O)c2c1C. The molecule has 3 heterocycles. The zero-order valence-corrected chi connectivity index (χ0v) is 19.7. The Labute approximate surface area is 192 Å². The molecule has 0 aliphatic carbocycles. The molecule has 10 heteroatoms. The number of ether oxygens (including phenoxy) is 1. The zero-order chi connectivity index (χ0) is 22.8. The van der Waals surface area contributed by atoms with Crippen molar-refractivity contribution >= 4 is 45.1 Å². The predicted octanol–water partition coefficient (Wildman–Crippen LogP) is 4.35. The number of nitrogens with zero attached hydrogens (tertiary/aromatic N) is 3. The third-order valence-electron chi connectivity index (χ3n) is 4.89. The molecule has 1 amide bonds. The molecule has 0 atom stereocenters. The number of anilines is 1. The quantitative estimate of drug-likeness (QED) is 0.317. The molecule has 4 aromatic rings. The zero-order valence-electron chi connectivity index (χ0n) is 18.1. The first kappa shape index (κ1) is 22.1. The van der Waals surface area contributed by atoms with Gasteiger partial charge in [-0.3, -0.25) is 19.5 Å². The molecule has 0 fully saturated rings. The number of carbonyl (C=O) groups excluding carboxylic acids is 1. The van der Waals surface area contributed by atoms with Crippen molar-refractivity contribution in [3.05, 3.63) is 56.8 Å². The Balaban J connectivity index is 1.75. The van der Waals surface area contributed by atoms with Crippen LogP contribution >= 0.6 is 23.1 Å². The normalized spacial score (nSPS) is 11.1. The lowest BCUT2D eigenvalue weighted by Crippen LogP contribution is -2.23. The number of benzene rings is 1. The number of nitrogens with one attached hydrogen (secondary N) is 1. The van der Waals surface area contributed by atoms with E-state index in [4.69, 9.17) is 14.2 Å². The van der Waals surface area contributed by atoms with Crippen molar-refractivity contribution in [2.24, 2.45) is 0 Å². The second-order valence-corrected chi connectivity index (χ2v) is 9.12. The van der Waals surface area contributed by atoms with E-state index in [2.05, 4.69) is 17.4 Å². The summed E-state index contributed by atoms with van der Waals surface area (Å²) in [7, 11) is 1.57. The highest BCUT2D eigenvalue weighted by molar-refractivity contribution is 7.99. The number of carbonyl (C=O) groups is 1. The Morgan fingerprint density at radius 2 is 2.12 bits per heavy atom. The minimum absolute atomic E-state index is 0.0483. The number of fused-ring (bicyclic) bond motifs is 1. The monoisotopic (exact) mass is 470 g/mol. The van der Waals surface area contributed by atoms with Crippen LogP contribution in [0.25, 0.3) is 15.9 Å². The maximum Gasteiger partial charge on any atom is 0.267 e. The van der Waals surface area contributed by atoms with Gasteiger partial charge in [0.2, 0.25) is 11.8 Å². The summed E-state index contributed by atoms with van der Waals surface area (Å²) in [5.41, 5.74) is 2.09. The maximum absolute atomic E-state index is 13.6. The van der Waals surface area contributed by atoms with E-state index in [0.717, 1.165) is 16.9 Å². The van der Waals surface area contributed by atoms with Crippen LogP contribution in [-0.4, -0.2) is 33.5 Å². The van der Waals surface area contributed by atoms with Gasteiger partial charge >= 0.3 is 0 Å². The van der Waals surface area contributed by atoms with Crippen LogP contribution in [-0.2, 0) is 11.2 Å². The van der Waals surface area contributed by atoms with Gasteiger partial charge in [0, 0.05) is 17.0 Å². The first-order valence-corrected chi connectivity index (χ1v) is 11.8. The number of thioether (sulfide) groups is 1. The molecule has 166 valence electrons. The van der Waals surface area contributed by atoms with E-state index in [1.165, 1.54) is 23.1 Å². The fraction of sp³-hybridized carbons (Fsp3) is 0.273. The van der Waals surface area contributed by atoms with Crippen molar-refractivity contribution in [2.45, 2.75) is 32.3 Å². The molecule has 3 aromatic heterocycles. The van der Waals surface area contributed by atoms with Crippen LogP contribution in [0.1, 0.15) is 23.1 Å². The molecule has 0 aliphatic heterocycles. The summed E-state index contributed by atoms with van der Waals surface area (Å²) < 4.78 is 11.9. The second kappa shape index (κ2) is 9.17. The standard InChI is InChI=1S/C22H22N4O4S2/c1-5-16-13(3)19-20(32-16)24-22(31-11-17(27)23-18-9-12(2)25-30-18)26(21(19)28)14-7-6-8-15(10-14)29-4/h6-10H,5,11H2,1-4H3,(H,23,27). The summed E-state index contributed by atoms with van der Waals surface area (Å²) >= 11 is 2.70. The van der Waals surface area contributed by atoms with Gasteiger partial charge in [-0.25, -0.2) is 4.98 Å². The van der Waals surface area contributed by atoms with Crippen LogP contribution in [0.4, 0.5) is 5.88 Å². The number of methoxy groups -OCH3 is 1. The van der Waals surface area contributed by atoms with Crippen LogP contribution in [0.15, 0.2) is 44.8 Å². The number of thiophene rings is 1. The van der Waals surface area contributed by atoms with Crippen LogP contribution in [0, 0.1) is 13.8 Å². The van der Waals surface area contributed by atoms with E-state index < -0.39 is 0 Å². The average molecular weight is 471 g/mol. The molecule has 0 unspecified atom stereocenters. The van der Waals surface area contributed by atoms with Crippen molar-refractivity contribution < 1.29 is 14.1 Å². The van der Waals surface area contributed by atoms with Crippen LogP contribution in [0.2, 0.25) is 0 Å². The molecular formula is C22H22N4O4S2. The first-order chi connectivity index (χ1) is 15.4. The molecule has 1 N–H and O–H groups in total. The molecule has 0 saturated heterocycles. The largest absolute Gasteiger partial charge is 0.497 e. The number of hydrogen-bond acceptors (Lipinski definition) is 8. The van der Waals surface area contributed by atoms with Crippen LogP contribution in [0.3, 0.4) is 0 Å². The molecule has 4 rings (SSSR count). The minimum atomic E-state index is -0.283. The molecule has 8 nitrogen and oxygen atoms in total. The minimum Gasteiger partial charge on any atom is -0.497 e. The highest BCUT2D eigenvalue weighted by Crippen LogP contribution is 2.31. The molecule has 32 heavy (non-hydrogen) atoms. The molecule has 0 spiro atoms. The number of hydrogen-bond donors (Lipinski definition) is 1. The van der Waals surface area contributed by atoms with Crippen molar-refractivity contribution in [2.75, 3.05) is 18.2 Å². The Hall–Kier alpha value is -3.11. The summed E-state index contributed by atoms with van der Waals surface area (Å²) in [4.78, 5) is 32.6. The van der Waals surface area contributed by atoms with E-state index in [1.54, 1.807) is 30.7 Å². The third-order valence-corrected chi connectivity index (χ3v) is 7.16. The Morgan fingerprint density at radius 1 is 1.31 bits per heavy atom. The Bertz CT molecular complexity index is 1360. The lowest BCUT2D eigenvalue weighted by atomic mass is 10.2. The van der Waals surface area contributed by atoms with E-state index in [9.17, 15) is 9.59 Å². The van der Waals surface area contributed by atoms with Gasteiger partial charge in [-0.2, -0.15) is 0 Å². The fourth-order valence-electron chi connectivity index (χ4n) is 3.35. The second-order valence-electron chi connectivity index (χ2n) is 7.09. The van der Waals surface area contributed by atoms with E-state index >= 15 is 0 Å². The van der Waals surface area contributed by atoms with Gasteiger partial charge in [0.15, 0.2) is 5.16 Å². The van der Waals surface area contributed by atoms with Gasteiger partial charge in [-0.15, -0.1) is 11.3 Å². The van der Waals surface area contributed by atoms with Crippen molar-refractivity contribution in [3.8, 4) is 11.4 Å². The van der Waals surface area contributed by atoms with Gasteiger partial charge in [0.1, 0.15) is 10.6 Å². The number of amides is 1. The van der Waals surface area contributed by atoms with Gasteiger partial charge in [-0.05, 0) is 38.0 Å². The summed E-state index contributed by atoms with van der Waals surface area (Å²) in [6, 6.07) is 8.86. The Morgan fingerprint density at radius 3 is 2.81 bits per heavy atom. The summed E-state index contributed by atoms with van der Waals surface area (Å²) in [6.45, 7) is 5.78. The van der Waals surface area contributed by atoms with Gasteiger partial charge in [-0.1, -0.05) is 29.9 Å². The number of aryl methyl sites for hydroxylation is 3. The molecule has 0 radical (unpaired) electrons. The lowest BCUT2D eigenvalue weighted by molar-refractivity contribution is -0.113. The summed E-state index contributed by atoms with van der Waals surface area (Å²) in [6.07, 6.45) is 0.826. The number of aromatic nitrogens is 3. The molecule has 0 bridgehead atoms. The lowest BCUT2D eigenvalue weighted by Gasteiger charge is -2.13. The van der Waals surface area contributed by atoms with E-state index in [0.29, 0.717) is 32.5 Å². The highest BCUT2D eigenvalue weighted by atomic mass is 32.2. The summed E-state index contributed by atoms with van der Waals surface area (Å²) in [5.74, 6) is 0.671. The molecule has 0 aliphatic rings. The first-order valence-electron chi connectivity index (χ1n) is 9.96. The highest BCUT2D eigenvalue weighted by Gasteiger charge is 2.20. The van der Waals surface area contributed by atoms with Gasteiger partial charge in [0.25, 0.3) is 5.56 Å². The summed E-state index contributed by atoms with van der Waals surface area (Å²) in [5, 5.41) is 7.47. The average Bonchev–Trinajstić information content (AvgIpc) is 3.34. The molecule has 0 saturated carbocycles. The maximum atomic E-state index is 13.6. The third kappa shape index (κ3) is 4.28.